The summed E-state index contributed by atoms with van der Waals surface area (Å²) in [5.74, 6) is 0. The van der Waals surface area contributed by atoms with Gasteiger partial charge in [0, 0.05) is 19.1 Å². The summed E-state index contributed by atoms with van der Waals surface area (Å²) in [6.07, 6.45) is 1.82. The van der Waals surface area contributed by atoms with E-state index >= 15 is 0 Å². The molecule has 0 spiro atoms. The molecule has 0 radical (unpaired) electrons. The van der Waals surface area contributed by atoms with Crippen molar-refractivity contribution in [3.63, 3.8) is 0 Å². The van der Waals surface area contributed by atoms with Crippen molar-refractivity contribution in [1.82, 2.24) is 9.80 Å². The molecule has 1 fully saturated rings. The monoisotopic (exact) mass is 202 g/mol. The predicted molar refractivity (Wildman–Crippen MR) is 56.2 cm³/mol. The van der Waals surface area contributed by atoms with Crippen LogP contribution in [0.25, 0.3) is 0 Å². The Kier molecular flexibility index (Phi) is 4.81. The van der Waals surface area contributed by atoms with Gasteiger partial charge in [-0.1, -0.05) is 0 Å². The summed E-state index contributed by atoms with van der Waals surface area (Å²) in [6.45, 7) is 2.56. The van der Waals surface area contributed by atoms with E-state index in [1.54, 1.807) is 0 Å². The van der Waals surface area contributed by atoms with Crippen molar-refractivity contribution in [1.29, 1.82) is 0 Å². The number of likely N-dealkylation sites (tertiary alicyclic amines) is 1. The summed E-state index contributed by atoms with van der Waals surface area (Å²) in [4.78, 5) is 4.45. The second-order valence-electron chi connectivity index (χ2n) is 4.39. The minimum Gasteiger partial charge on any atom is -0.394 e. The normalized spacial score (nSPS) is 25.9. The molecule has 2 atom stereocenters. The van der Waals surface area contributed by atoms with Crippen molar-refractivity contribution in [2.45, 2.75) is 25.0 Å². The average Bonchev–Trinajstić information content (AvgIpc) is 2.52. The fourth-order valence-corrected chi connectivity index (χ4v) is 2.09. The van der Waals surface area contributed by atoms with Crippen LogP contribution in [0.5, 0.6) is 0 Å². The molecular weight excluding hydrogens is 180 g/mol. The molecule has 0 aromatic heterocycles. The van der Waals surface area contributed by atoms with E-state index in [9.17, 15) is 5.11 Å². The van der Waals surface area contributed by atoms with Gasteiger partial charge in [-0.15, -0.1) is 0 Å². The van der Waals surface area contributed by atoms with Crippen LogP contribution >= 0.6 is 0 Å². The molecular formula is C10H22N2O2. The Morgan fingerprint density at radius 2 is 2.21 bits per heavy atom. The van der Waals surface area contributed by atoms with Crippen LogP contribution in [0, 0.1) is 0 Å². The van der Waals surface area contributed by atoms with Crippen molar-refractivity contribution >= 4 is 0 Å². The van der Waals surface area contributed by atoms with Gasteiger partial charge in [0.25, 0.3) is 0 Å². The highest BCUT2D eigenvalue weighted by atomic mass is 16.3. The topological polar surface area (TPSA) is 46.9 Å². The molecule has 0 aromatic carbocycles. The van der Waals surface area contributed by atoms with Crippen LogP contribution in [0.1, 0.15) is 12.8 Å². The Morgan fingerprint density at radius 3 is 2.79 bits per heavy atom. The maximum atomic E-state index is 9.36. The molecule has 1 aliphatic heterocycles. The number of hydrogen-bond donors (Lipinski definition) is 2. The van der Waals surface area contributed by atoms with Gasteiger partial charge in [-0.3, -0.25) is 4.90 Å². The third-order valence-corrected chi connectivity index (χ3v) is 2.73. The van der Waals surface area contributed by atoms with E-state index in [-0.39, 0.29) is 6.61 Å². The van der Waals surface area contributed by atoms with Crippen molar-refractivity contribution in [2.75, 3.05) is 40.3 Å². The van der Waals surface area contributed by atoms with Crippen LogP contribution in [0.15, 0.2) is 0 Å². The number of aliphatic hydroxyl groups excluding tert-OH is 2. The quantitative estimate of drug-likeness (QED) is 0.623. The SMILES string of the molecule is CN(C)CC1CCCN1CC(O)CO. The Labute approximate surface area is 86.1 Å². The lowest BCUT2D eigenvalue weighted by Crippen LogP contribution is -2.42. The first-order valence-electron chi connectivity index (χ1n) is 5.31. The number of rotatable bonds is 5. The molecule has 2 N–H and O–H groups in total. The molecule has 1 heterocycles. The second kappa shape index (κ2) is 5.66. The van der Waals surface area contributed by atoms with Crippen LogP contribution < -0.4 is 0 Å². The zero-order valence-corrected chi connectivity index (χ0v) is 9.19. The minimum absolute atomic E-state index is 0.134. The highest BCUT2D eigenvalue weighted by molar-refractivity contribution is 4.82. The molecule has 2 unspecified atom stereocenters. The van der Waals surface area contributed by atoms with Crippen LogP contribution in [0.4, 0.5) is 0 Å². The number of β-amino-alcohol motifs (C(OH)–C–C–N with tert-alkyl or cyclic N) is 1. The highest BCUT2D eigenvalue weighted by Crippen LogP contribution is 2.17. The summed E-state index contributed by atoms with van der Waals surface area (Å²) in [5.41, 5.74) is 0. The fraction of sp³-hybridized carbons (Fsp3) is 1.00. The number of hydrogen-bond acceptors (Lipinski definition) is 4. The Balaban J connectivity index is 2.35. The summed E-state index contributed by atoms with van der Waals surface area (Å²) < 4.78 is 0. The summed E-state index contributed by atoms with van der Waals surface area (Å²) in [6, 6.07) is 0.547. The third-order valence-electron chi connectivity index (χ3n) is 2.73. The molecule has 0 bridgehead atoms. The molecule has 1 saturated heterocycles. The largest absolute Gasteiger partial charge is 0.394 e. The van der Waals surface area contributed by atoms with Crippen molar-refractivity contribution in [2.24, 2.45) is 0 Å². The lowest BCUT2D eigenvalue weighted by atomic mass is 10.2. The Morgan fingerprint density at radius 1 is 1.50 bits per heavy atom. The molecule has 1 aliphatic rings. The standard InChI is InChI=1S/C10H22N2O2/c1-11(2)6-9-4-3-5-12(9)7-10(14)8-13/h9-10,13-14H,3-8H2,1-2H3. The van der Waals surface area contributed by atoms with Gasteiger partial charge in [-0.05, 0) is 33.5 Å². The lowest BCUT2D eigenvalue weighted by molar-refractivity contribution is 0.0518. The summed E-state index contributed by atoms with van der Waals surface area (Å²) in [5, 5.41) is 18.1. The molecule has 0 aliphatic carbocycles. The van der Waals surface area contributed by atoms with E-state index in [1.807, 2.05) is 0 Å². The molecule has 1 rings (SSSR count). The number of likely N-dealkylation sites (N-methyl/N-ethyl adjacent to an activating group) is 1. The third kappa shape index (κ3) is 3.53. The molecule has 0 amide bonds. The Bertz CT molecular complexity index is 164. The molecule has 0 aromatic rings. The first-order chi connectivity index (χ1) is 6.63. The molecule has 4 nitrogen and oxygen atoms in total. The molecule has 4 heteroatoms. The van der Waals surface area contributed by atoms with E-state index in [0.717, 1.165) is 13.1 Å². The van der Waals surface area contributed by atoms with Gasteiger partial charge in [0.2, 0.25) is 0 Å². The second-order valence-corrected chi connectivity index (χ2v) is 4.39. The number of nitrogens with zero attached hydrogens (tertiary/aromatic N) is 2. The fourth-order valence-electron chi connectivity index (χ4n) is 2.09. The van der Waals surface area contributed by atoms with Crippen LogP contribution in [0.3, 0.4) is 0 Å². The van der Waals surface area contributed by atoms with E-state index in [2.05, 4.69) is 23.9 Å². The summed E-state index contributed by atoms with van der Waals surface area (Å²) >= 11 is 0. The lowest BCUT2D eigenvalue weighted by Gasteiger charge is -2.28. The predicted octanol–water partition coefficient (Wildman–Crippen LogP) is -0.634. The maximum Gasteiger partial charge on any atom is 0.0897 e. The van der Waals surface area contributed by atoms with E-state index in [4.69, 9.17) is 5.11 Å². The smallest absolute Gasteiger partial charge is 0.0897 e. The van der Waals surface area contributed by atoms with Gasteiger partial charge >= 0.3 is 0 Å². The zero-order chi connectivity index (χ0) is 10.6. The minimum atomic E-state index is -0.585. The first kappa shape index (κ1) is 11.9. The van der Waals surface area contributed by atoms with Crippen LogP contribution in [-0.2, 0) is 0 Å². The van der Waals surface area contributed by atoms with Gasteiger partial charge in [0.1, 0.15) is 0 Å². The molecule has 84 valence electrons. The average molecular weight is 202 g/mol. The van der Waals surface area contributed by atoms with Crippen LogP contribution in [-0.4, -0.2) is 72.5 Å². The van der Waals surface area contributed by atoms with E-state index < -0.39 is 6.10 Å². The van der Waals surface area contributed by atoms with Gasteiger partial charge in [-0.2, -0.15) is 0 Å². The zero-order valence-electron chi connectivity index (χ0n) is 9.19. The van der Waals surface area contributed by atoms with E-state index in [1.165, 1.54) is 12.8 Å². The van der Waals surface area contributed by atoms with Gasteiger partial charge in [-0.25, -0.2) is 0 Å². The van der Waals surface area contributed by atoms with Gasteiger partial charge < -0.3 is 15.1 Å². The van der Waals surface area contributed by atoms with Crippen molar-refractivity contribution < 1.29 is 10.2 Å². The van der Waals surface area contributed by atoms with Gasteiger partial charge in [0.15, 0.2) is 0 Å². The van der Waals surface area contributed by atoms with Gasteiger partial charge in [0.05, 0.1) is 12.7 Å². The Hall–Kier alpha value is -0.160. The maximum absolute atomic E-state index is 9.36. The first-order valence-corrected chi connectivity index (χ1v) is 5.31. The molecule has 14 heavy (non-hydrogen) atoms. The summed E-state index contributed by atoms with van der Waals surface area (Å²) in [7, 11) is 4.14. The van der Waals surface area contributed by atoms with E-state index in [0.29, 0.717) is 12.6 Å². The number of aliphatic hydroxyl groups is 2. The highest BCUT2D eigenvalue weighted by Gasteiger charge is 2.26. The van der Waals surface area contributed by atoms with Crippen LogP contribution in [0.2, 0.25) is 0 Å². The molecule has 0 saturated carbocycles. The van der Waals surface area contributed by atoms with Crippen molar-refractivity contribution in [3.05, 3.63) is 0 Å². The van der Waals surface area contributed by atoms with Crippen molar-refractivity contribution in [3.8, 4) is 0 Å².